The number of rotatable bonds is 6. The van der Waals surface area contributed by atoms with Crippen molar-refractivity contribution in [3.05, 3.63) is 12.2 Å². The van der Waals surface area contributed by atoms with Crippen LogP contribution in [0.1, 0.15) is 45.4 Å². The van der Waals surface area contributed by atoms with Crippen molar-refractivity contribution in [3.8, 4) is 0 Å². The summed E-state index contributed by atoms with van der Waals surface area (Å²) in [6.45, 7) is 5.76. The lowest BCUT2D eigenvalue weighted by atomic mass is 9.85. The molecule has 2 N–H and O–H groups in total. The second-order valence-corrected chi connectivity index (χ2v) is 6.30. The largest absolute Gasteiger partial charge is 0.391 e. The monoisotopic (exact) mass is 488 g/mol. The molecule has 0 aliphatic heterocycles. The molecule has 1 aromatic heterocycles. The smallest absolute Gasteiger partial charge is 0.357 e. The van der Waals surface area contributed by atoms with Gasteiger partial charge in [0.15, 0.2) is 5.96 Å². The quantitative estimate of drug-likeness (QED) is 0.367. The van der Waals surface area contributed by atoms with E-state index in [0.29, 0.717) is 32.0 Å². The molecule has 1 aromatic rings. The van der Waals surface area contributed by atoms with Crippen LogP contribution in [0.5, 0.6) is 0 Å². The Hall–Kier alpha value is -1.07. The van der Waals surface area contributed by atoms with Crippen molar-refractivity contribution >= 4 is 29.9 Å². The van der Waals surface area contributed by atoms with Crippen molar-refractivity contribution in [2.75, 3.05) is 13.1 Å². The number of hydrogen-bond donors (Lipinski definition) is 2. The van der Waals surface area contributed by atoms with Crippen molar-refractivity contribution in [2.45, 2.75) is 64.7 Å². The standard InChI is InChI=1S/C16H27F3N6.HI/c1-3-14-24-22-11-25(14)9-8-21-15(20-4-2)23-13-7-5-6-12(10-13)16(17,18)19;/h11-13H,3-10H2,1-2H3,(H2,20,21,23);1H. The molecule has 2 unspecified atom stereocenters. The van der Waals surface area contributed by atoms with Gasteiger partial charge in [0.05, 0.1) is 12.5 Å². The highest BCUT2D eigenvalue weighted by Gasteiger charge is 2.42. The first-order valence-corrected chi connectivity index (χ1v) is 8.92. The van der Waals surface area contributed by atoms with E-state index in [9.17, 15) is 13.2 Å². The molecule has 1 fully saturated rings. The van der Waals surface area contributed by atoms with Crippen molar-refractivity contribution in [1.82, 2.24) is 25.4 Å². The SMILES string of the molecule is CCNC(=NCCn1cnnc1CC)NC1CCCC(C(F)(F)F)C1.I. The van der Waals surface area contributed by atoms with Gasteiger partial charge in [0.2, 0.25) is 0 Å². The molecule has 1 saturated carbocycles. The highest BCUT2D eigenvalue weighted by Crippen LogP contribution is 2.37. The molecule has 0 spiro atoms. The Bertz CT molecular complexity index is 560. The van der Waals surface area contributed by atoms with Gasteiger partial charge in [0, 0.05) is 25.6 Å². The predicted molar refractivity (Wildman–Crippen MR) is 106 cm³/mol. The minimum absolute atomic E-state index is 0. The van der Waals surface area contributed by atoms with Crippen LogP contribution < -0.4 is 10.6 Å². The maximum Gasteiger partial charge on any atom is 0.391 e. The number of guanidine groups is 1. The number of halogens is 4. The summed E-state index contributed by atoms with van der Waals surface area (Å²) < 4.78 is 40.8. The summed E-state index contributed by atoms with van der Waals surface area (Å²) in [6, 6.07) is -0.195. The number of nitrogens with one attached hydrogen (secondary N) is 2. The van der Waals surface area contributed by atoms with E-state index in [2.05, 4.69) is 25.8 Å². The summed E-state index contributed by atoms with van der Waals surface area (Å²) in [5, 5.41) is 14.2. The third kappa shape index (κ3) is 6.92. The minimum atomic E-state index is -4.11. The molecular weight excluding hydrogens is 460 g/mol. The second-order valence-electron chi connectivity index (χ2n) is 6.30. The Morgan fingerprint density at radius 2 is 2.12 bits per heavy atom. The van der Waals surface area contributed by atoms with Crippen LogP contribution in [0.4, 0.5) is 13.2 Å². The fourth-order valence-corrected chi connectivity index (χ4v) is 3.14. The lowest BCUT2D eigenvalue weighted by Crippen LogP contribution is -2.47. The molecule has 0 aromatic carbocycles. The Morgan fingerprint density at radius 1 is 1.35 bits per heavy atom. The van der Waals surface area contributed by atoms with Gasteiger partial charge >= 0.3 is 6.18 Å². The highest BCUT2D eigenvalue weighted by molar-refractivity contribution is 14.0. The van der Waals surface area contributed by atoms with E-state index in [1.807, 2.05) is 18.4 Å². The summed E-state index contributed by atoms with van der Waals surface area (Å²) >= 11 is 0. The van der Waals surface area contributed by atoms with Crippen LogP contribution in [0, 0.1) is 5.92 Å². The lowest BCUT2D eigenvalue weighted by Gasteiger charge is -2.31. The normalized spacial score (nSPS) is 21.2. The number of alkyl halides is 3. The highest BCUT2D eigenvalue weighted by atomic mass is 127. The van der Waals surface area contributed by atoms with E-state index in [4.69, 9.17) is 0 Å². The summed E-state index contributed by atoms with van der Waals surface area (Å²) in [7, 11) is 0. The molecule has 0 amide bonds. The predicted octanol–water partition coefficient (Wildman–Crippen LogP) is 3.13. The summed E-state index contributed by atoms with van der Waals surface area (Å²) in [6.07, 6.45) is 0.0138. The fraction of sp³-hybridized carbons (Fsp3) is 0.812. The van der Waals surface area contributed by atoms with Crippen LogP contribution in [0.2, 0.25) is 0 Å². The first-order valence-electron chi connectivity index (χ1n) is 8.92. The van der Waals surface area contributed by atoms with Crippen LogP contribution in [0.15, 0.2) is 11.3 Å². The van der Waals surface area contributed by atoms with E-state index in [0.717, 1.165) is 18.7 Å². The van der Waals surface area contributed by atoms with Crippen molar-refractivity contribution in [1.29, 1.82) is 0 Å². The lowest BCUT2D eigenvalue weighted by molar-refractivity contribution is -0.183. The van der Waals surface area contributed by atoms with E-state index < -0.39 is 12.1 Å². The first kappa shape index (κ1) is 23.0. The van der Waals surface area contributed by atoms with Gasteiger partial charge in [-0.25, -0.2) is 0 Å². The van der Waals surface area contributed by atoms with E-state index >= 15 is 0 Å². The second kappa shape index (κ2) is 10.9. The third-order valence-electron chi connectivity index (χ3n) is 4.44. The maximum absolute atomic E-state index is 12.9. The molecule has 1 aliphatic rings. The summed E-state index contributed by atoms with van der Waals surface area (Å²) in [5.41, 5.74) is 0. The topological polar surface area (TPSA) is 67.1 Å². The Kier molecular flexibility index (Phi) is 9.66. The first-order chi connectivity index (χ1) is 11.9. The Labute approximate surface area is 169 Å². The number of aliphatic imine (C=N–C) groups is 1. The van der Waals surface area contributed by atoms with Crippen molar-refractivity contribution < 1.29 is 13.2 Å². The van der Waals surface area contributed by atoms with Gasteiger partial charge in [-0.15, -0.1) is 34.2 Å². The van der Waals surface area contributed by atoms with Crippen LogP contribution in [0.3, 0.4) is 0 Å². The zero-order valence-electron chi connectivity index (χ0n) is 15.2. The molecule has 1 aliphatic carbocycles. The zero-order valence-corrected chi connectivity index (χ0v) is 17.6. The average molecular weight is 488 g/mol. The third-order valence-corrected chi connectivity index (χ3v) is 4.44. The van der Waals surface area contributed by atoms with Gasteiger partial charge in [-0.1, -0.05) is 13.3 Å². The van der Waals surface area contributed by atoms with Crippen molar-refractivity contribution in [3.63, 3.8) is 0 Å². The van der Waals surface area contributed by atoms with Gasteiger partial charge in [0.1, 0.15) is 12.2 Å². The molecule has 0 bridgehead atoms. The molecule has 1 heterocycles. The molecule has 6 nitrogen and oxygen atoms in total. The Balaban J connectivity index is 0.00000338. The van der Waals surface area contributed by atoms with Crippen LogP contribution in [-0.4, -0.2) is 46.0 Å². The summed E-state index contributed by atoms with van der Waals surface area (Å²) in [4.78, 5) is 4.48. The van der Waals surface area contributed by atoms with Gasteiger partial charge in [-0.3, -0.25) is 4.99 Å². The van der Waals surface area contributed by atoms with E-state index in [-0.39, 0.29) is 42.9 Å². The molecule has 0 radical (unpaired) electrons. The van der Waals surface area contributed by atoms with Crippen LogP contribution in [-0.2, 0) is 13.0 Å². The zero-order chi connectivity index (χ0) is 18.3. The average Bonchev–Trinajstić information content (AvgIpc) is 3.02. The molecule has 0 saturated heterocycles. The Morgan fingerprint density at radius 3 is 2.77 bits per heavy atom. The van der Waals surface area contributed by atoms with Crippen LogP contribution >= 0.6 is 24.0 Å². The molecule has 150 valence electrons. The minimum Gasteiger partial charge on any atom is -0.357 e. The molecule has 2 rings (SSSR count). The molecular formula is C16H28F3IN6. The molecule has 2 atom stereocenters. The maximum atomic E-state index is 12.9. The van der Waals surface area contributed by atoms with Gasteiger partial charge in [0.25, 0.3) is 0 Å². The fourth-order valence-electron chi connectivity index (χ4n) is 3.14. The van der Waals surface area contributed by atoms with Crippen molar-refractivity contribution in [2.24, 2.45) is 10.9 Å². The van der Waals surface area contributed by atoms with Gasteiger partial charge in [-0.05, 0) is 26.2 Å². The molecule has 10 heteroatoms. The number of aryl methyl sites for hydroxylation is 1. The van der Waals surface area contributed by atoms with E-state index in [1.165, 1.54) is 0 Å². The van der Waals surface area contributed by atoms with Gasteiger partial charge < -0.3 is 15.2 Å². The van der Waals surface area contributed by atoms with E-state index in [1.54, 1.807) is 6.33 Å². The number of nitrogens with zero attached hydrogens (tertiary/aromatic N) is 4. The molecule has 26 heavy (non-hydrogen) atoms. The van der Waals surface area contributed by atoms with Gasteiger partial charge in [-0.2, -0.15) is 13.2 Å². The summed E-state index contributed by atoms with van der Waals surface area (Å²) in [5.74, 6) is 0.251. The number of hydrogen-bond acceptors (Lipinski definition) is 3. The number of aromatic nitrogens is 3. The van der Waals surface area contributed by atoms with Crippen LogP contribution in [0.25, 0.3) is 0 Å².